The summed E-state index contributed by atoms with van der Waals surface area (Å²) in [5.74, 6) is 0.915. The van der Waals surface area contributed by atoms with Gasteiger partial charge in [-0.2, -0.15) is 0 Å². The van der Waals surface area contributed by atoms with Crippen LogP contribution in [0.4, 0.5) is 0 Å². The number of halogens is 1. The van der Waals surface area contributed by atoms with Crippen LogP contribution in [0.2, 0.25) is 0 Å². The van der Waals surface area contributed by atoms with Gasteiger partial charge in [0.2, 0.25) is 0 Å². The zero-order valence-electron chi connectivity index (χ0n) is 10.00. The van der Waals surface area contributed by atoms with Crippen molar-refractivity contribution in [1.29, 1.82) is 0 Å². The number of imidazole rings is 1. The highest BCUT2D eigenvalue weighted by Crippen LogP contribution is 2.18. The second-order valence-electron chi connectivity index (χ2n) is 4.30. The van der Waals surface area contributed by atoms with Crippen LogP contribution in [0, 0.1) is 0 Å². The van der Waals surface area contributed by atoms with Crippen molar-refractivity contribution in [2.75, 3.05) is 0 Å². The molecular weight excluding hydrogens is 278 g/mol. The molecule has 2 N–H and O–H groups in total. The van der Waals surface area contributed by atoms with Gasteiger partial charge in [0.05, 0.1) is 0 Å². The number of hydrogen-bond donors (Lipinski definition) is 2. The SMILES string of the molecule is CC(C)NCc1cnc(-c2ccc(Br)cc2)[nH]1. The summed E-state index contributed by atoms with van der Waals surface area (Å²) in [5.41, 5.74) is 2.21. The summed E-state index contributed by atoms with van der Waals surface area (Å²) in [5, 5.41) is 3.36. The third-order valence-corrected chi connectivity index (χ3v) is 2.98. The van der Waals surface area contributed by atoms with E-state index in [1.807, 2.05) is 30.5 Å². The quantitative estimate of drug-likeness (QED) is 0.908. The van der Waals surface area contributed by atoms with E-state index in [9.17, 15) is 0 Å². The number of nitrogens with zero attached hydrogens (tertiary/aromatic N) is 1. The largest absolute Gasteiger partial charge is 0.341 e. The van der Waals surface area contributed by atoms with E-state index < -0.39 is 0 Å². The Morgan fingerprint density at radius 2 is 2.00 bits per heavy atom. The molecule has 1 aromatic carbocycles. The maximum atomic E-state index is 4.38. The highest BCUT2D eigenvalue weighted by molar-refractivity contribution is 9.10. The number of aromatic nitrogens is 2. The topological polar surface area (TPSA) is 40.7 Å². The second-order valence-corrected chi connectivity index (χ2v) is 5.22. The summed E-state index contributed by atoms with van der Waals surface area (Å²) >= 11 is 3.42. The molecule has 1 heterocycles. The fraction of sp³-hybridized carbons (Fsp3) is 0.308. The molecule has 2 rings (SSSR count). The van der Waals surface area contributed by atoms with Gasteiger partial charge in [0, 0.05) is 34.5 Å². The lowest BCUT2D eigenvalue weighted by Crippen LogP contribution is -2.21. The van der Waals surface area contributed by atoms with Gasteiger partial charge in [-0.3, -0.25) is 0 Å². The minimum absolute atomic E-state index is 0.481. The van der Waals surface area contributed by atoms with Crippen molar-refractivity contribution in [3.05, 3.63) is 40.6 Å². The minimum Gasteiger partial charge on any atom is -0.341 e. The van der Waals surface area contributed by atoms with Crippen LogP contribution in [-0.2, 0) is 6.54 Å². The minimum atomic E-state index is 0.481. The molecule has 0 fully saturated rings. The highest BCUT2D eigenvalue weighted by atomic mass is 79.9. The fourth-order valence-electron chi connectivity index (χ4n) is 1.52. The smallest absolute Gasteiger partial charge is 0.137 e. The molecule has 0 bridgehead atoms. The zero-order chi connectivity index (χ0) is 12.3. The van der Waals surface area contributed by atoms with Crippen molar-refractivity contribution in [2.45, 2.75) is 26.4 Å². The molecule has 1 aromatic heterocycles. The zero-order valence-corrected chi connectivity index (χ0v) is 11.6. The Bertz CT molecular complexity index is 474. The van der Waals surface area contributed by atoms with Crippen LogP contribution < -0.4 is 5.32 Å². The Morgan fingerprint density at radius 1 is 1.29 bits per heavy atom. The van der Waals surface area contributed by atoms with E-state index in [1.165, 1.54) is 0 Å². The highest BCUT2D eigenvalue weighted by Gasteiger charge is 2.03. The third kappa shape index (κ3) is 3.41. The first-order valence-electron chi connectivity index (χ1n) is 5.68. The van der Waals surface area contributed by atoms with Crippen molar-refractivity contribution < 1.29 is 0 Å². The van der Waals surface area contributed by atoms with Crippen LogP contribution >= 0.6 is 15.9 Å². The van der Waals surface area contributed by atoms with Crippen LogP contribution in [0.1, 0.15) is 19.5 Å². The van der Waals surface area contributed by atoms with E-state index in [4.69, 9.17) is 0 Å². The fourth-order valence-corrected chi connectivity index (χ4v) is 1.78. The second kappa shape index (κ2) is 5.47. The molecule has 0 aliphatic carbocycles. The lowest BCUT2D eigenvalue weighted by Gasteiger charge is -2.05. The molecule has 0 radical (unpaired) electrons. The van der Waals surface area contributed by atoms with Gasteiger partial charge < -0.3 is 10.3 Å². The van der Waals surface area contributed by atoms with Gasteiger partial charge >= 0.3 is 0 Å². The first-order valence-corrected chi connectivity index (χ1v) is 6.47. The summed E-state index contributed by atoms with van der Waals surface area (Å²) in [4.78, 5) is 7.70. The van der Waals surface area contributed by atoms with Crippen molar-refractivity contribution in [1.82, 2.24) is 15.3 Å². The molecule has 0 amide bonds. The van der Waals surface area contributed by atoms with Gasteiger partial charge in [-0.1, -0.05) is 41.9 Å². The van der Waals surface area contributed by atoms with Gasteiger partial charge in [0.15, 0.2) is 0 Å². The average Bonchev–Trinajstić information content (AvgIpc) is 2.76. The predicted molar refractivity (Wildman–Crippen MR) is 73.7 cm³/mol. The Labute approximate surface area is 110 Å². The lowest BCUT2D eigenvalue weighted by atomic mass is 10.2. The predicted octanol–water partition coefficient (Wildman–Crippen LogP) is 3.34. The Balaban J connectivity index is 2.10. The number of nitrogens with one attached hydrogen (secondary N) is 2. The van der Waals surface area contributed by atoms with Gasteiger partial charge in [0.25, 0.3) is 0 Å². The normalized spacial score (nSPS) is 11.1. The van der Waals surface area contributed by atoms with Crippen molar-refractivity contribution in [3.63, 3.8) is 0 Å². The molecule has 3 nitrogen and oxygen atoms in total. The van der Waals surface area contributed by atoms with Crippen LogP contribution in [0.5, 0.6) is 0 Å². The van der Waals surface area contributed by atoms with E-state index in [0.717, 1.165) is 28.1 Å². The average molecular weight is 294 g/mol. The van der Waals surface area contributed by atoms with Crippen LogP contribution in [0.25, 0.3) is 11.4 Å². The Kier molecular flexibility index (Phi) is 3.97. The van der Waals surface area contributed by atoms with E-state index in [1.54, 1.807) is 0 Å². The van der Waals surface area contributed by atoms with Gasteiger partial charge in [-0.05, 0) is 12.1 Å². The maximum absolute atomic E-state index is 4.38. The first-order chi connectivity index (χ1) is 8.15. The molecule has 0 atom stereocenters. The molecule has 2 aromatic rings. The number of rotatable bonds is 4. The standard InChI is InChI=1S/C13H16BrN3/c1-9(2)15-7-12-8-16-13(17-12)10-3-5-11(14)6-4-10/h3-6,8-9,15H,7H2,1-2H3,(H,16,17). The summed E-state index contributed by atoms with van der Waals surface area (Å²) < 4.78 is 1.08. The number of benzene rings is 1. The summed E-state index contributed by atoms with van der Waals surface area (Å²) in [6.07, 6.45) is 1.88. The molecule has 0 aliphatic heterocycles. The third-order valence-electron chi connectivity index (χ3n) is 2.45. The van der Waals surface area contributed by atoms with E-state index in [0.29, 0.717) is 6.04 Å². The molecule has 0 saturated carbocycles. The first kappa shape index (κ1) is 12.3. The Morgan fingerprint density at radius 3 is 2.65 bits per heavy atom. The molecule has 0 aliphatic rings. The van der Waals surface area contributed by atoms with E-state index in [-0.39, 0.29) is 0 Å². The molecule has 0 spiro atoms. The number of aromatic amines is 1. The molecule has 90 valence electrons. The van der Waals surface area contributed by atoms with E-state index in [2.05, 4.69) is 45.1 Å². The monoisotopic (exact) mass is 293 g/mol. The van der Waals surface area contributed by atoms with Crippen molar-refractivity contribution in [2.24, 2.45) is 0 Å². The van der Waals surface area contributed by atoms with Crippen LogP contribution in [-0.4, -0.2) is 16.0 Å². The molecule has 0 saturated heterocycles. The maximum Gasteiger partial charge on any atom is 0.137 e. The Hall–Kier alpha value is -1.13. The summed E-state index contributed by atoms with van der Waals surface area (Å²) in [7, 11) is 0. The van der Waals surface area contributed by atoms with Crippen molar-refractivity contribution in [3.8, 4) is 11.4 Å². The molecule has 4 heteroatoms. The number of H-pyrrole nitrogens is 1. The molecule has 0 unspecified atom stereocenters. The molecule has 17 heavy (non-hydrogen) atoms. The van der Waals surface area contributed by atoms with Crippen LogP contribution in [0.15, 0.2) is 34.9 Å². The molecular formula is C13H16BrN3. The van der Waals surface area contributed by atoms with Crippen LogP contribution in [0.3, 0.4) is 0 Å². The van der Waals surface area contributed by atoms with Gasteiger partial charge in [0.1, 0.15) is 5.82 Å². The summed E-state index contributed by atoms with van der Waals surface area (Å²) in [6, 6.07) is 8.60. The summed E-state index contributed by atoms with van der Waals surface area (Å²) in [6.45, 7) is 5.08. The van der Waals surface area contributed by atoms with Gasteiger partial charge in [-0.15, -0.1) is 0 Å². The van der Waals surface area contributed by atoms with Crippen molar-refractivity contribution >= 4 is 15.9 Å². The number of hydrogen-bond acceptors (Lipinski definition) is 2. The van der Waals surface area contributed by atoms with E-state index >= 15 is 0 Å². The lowest BCUT2D eigenvalue weighted by molar-refractivity contribution is 0.583. The van der Waals surface area contributed by atoms with Gasteiger partial charge in [-0.25, -0.2) is 4.98 Å².